The van der Waals surface area contributed by atoms with Crippen LogP contribution in [0.3, 0.4) is 0 Å². The lowest BCUT2D eigenvalue weighted by molar-refractivity contribution is 0.180. The van der Waals surface area contributed by atoms with E-state index in [1.807, 2.05) is 5.01 Å². The number of piperidine rings is 1. The van der Waals surface area contributed by atoms with Gasteiger partial charge in [0.1, 0.15) is 0 Å². The maximum absolute atomic E-state index is 5.66. The number of rotatable bonds is 3. The largest absolute Gasteiger partial charge is 0.269 e. The van der Waals surface area contributed by atoms with E-state index >= 15 is 0 Å². The van der Waals surface area contributed by atoms with Gasteiger partial charge in [-0.2, -0.15) is 0 Å². The van der Waals surface area contributed by atoms with Gasteiger partial charge < -0.3 is 0 Å². The summed E-state index contributed by atoms with van der Waals surface area (Å²) in [6.07, 6.45) is 6.79. The van der Waals surface area contributed by atoms with Crippen LogP contribution in [0.15, 0.2) is 0 Å². The number of hydrogen-bond donors (Lipinski definition) is 1. The summed E-state index contributed by atoms with van der Waals surface area (Å²) in [4.78, 5) is 0. The molecular formula is C9H20N2. The van der Waals surface area contributed by atoms with Crippen LogP contribution in [0.5, 0.6) is 0 Å². The molecule has 0 saturated carbocycles. The third-order valence-corrected chi connectivity index (χ3v) is 2.62. The second-order valence-electron chi connectivity index (χ2n) is 3.62. The standard InChI is InChI=1S/C9H20N2/c1-2-3-4-9-5-7-11(10)8-6-9/h9H,2-8,10H2,1H3. The van der Waals surface area contributed by atoms with Crippen molar-refractivity contribution in [3.05, 3.63) is 0 Å². The lowest BCUT2D eigenvalue weighted by Gasteiger charge is -2.28. The molecule has 1 fully saturated rings. The van der Waals surface area contributed by atoms with Crippen LogP contribution in [-0.4, -0.2) is 18.1 Å². The fourth-order valence-electron chi connectivity index (χ4n) is 1.73. The third kappa shape index (κ3) is 3.21. The van der Waals surface area contributed by atoms with E-state index in [2.05, 4.69) is 6.92 Å². The summed E-state index contributed by atoms with van der Waals surface area (Å²) in [5.74, 6) is 6.63. The molecule has 0 unspecified atom stereocenters. The summed E-state index contributed by atoms with van der Waals surface area (Å²) in [5.41, 5.74) is 0. The minimum Gasteiger partial charge on any atom is -0.269 e. The van der Waals surface area contributed by atoms with Gasteiger partial charge in [-0.15, -0.1) is 0 Å². The van der Waals surface area contributed by atoms with Gasteiger partial charge in [-0.25, -0.2) is 5.01 Å². The van der Waals surface area contributed by atoms with E-state index in [1.54, 1.807) is 0 Å². The minimum atomic E-state index is 0.967. The van der Waals surface area contributed by atoms with Crippen LogP contribution >= 0.6 is 0 Å². The van der Waals surface area contributed by atoms with Crippen molar-refractivity contribution in [1.82, 2.24) is 5.01 Å². The number of hydrogen-bond acceptors (Lipinski definition) is 2. The van der Waals surface area contributed by atoms with Crippen molar-refractivity contribution in [1.29, 1.82) is 0 Å². The number of unbranched alkanes of at least 4 members (excludes halogenated alkanes) is 1. The maximum atomic E-state index is 5.66. The highest BCUT2D eigenvalue weighted by molar-refractivity contribution is 4.68. The van der Waals surface area contributed by atoms with E-state index in [1.165, 1.54) is 32.1 Å². The van der Waals surface area contributed by atoms with E-state index in [-0.39, 0.29) is 0 Å². The normalized spacial score (nSPS) is 22.4. The zero-order valence-corrected chi connectivity index (χ0v) is 7.55. The Kier molecular flexibility index (Phi) is 3.87. The minimum absolute atomic E-state index is 0.967. The van der Waals surface area contributed by atoms with Gasteiger partial charge in [0, 0.05) is 13.1 Å². The molecule has 0 aromatic rings. The molecule has 0 atom stereocenters. The first kappa shape index (κ1) is 9.01. The molecule has 1 rings (SSSR count). The predicted octanol–water partition coefficient (Wildman–Crippen LogP) is 1.76. The molecule has 66 valence electrons. The summed E-state index contributed by atoms with van der Waals surface area (Å²) in [7, 11) is 0. The topological polar surface area (TPSA) is 29.3 Å². The summed E-state index contributed by atoms with van der Waals surface area (Å²) in [5, 5.41) is 1.95. The second-order valence-corrected chi connectivity index (χ2v) is 3.62. The zero-order valence-electron chi connectivity index (χ0n) is 7.55. The van der Waals surface area contributed by atoms with Crippen molar-refractivity contribution < 1.29 is 0 Å². The SMILES string of the molecule is CCCCC1CCN(N)CC1. The third-order valence-electron chi connectivity index (χ3n) is 2.62. The predicted molar refractivity (Wildman–Crippen MR) is 48.0 cm³/mol. The number of nitrogens with two attached hydrogens (primary N) is 1. The van der Waals surface area contributed by atoms with Crippen LogP contribution in [0.25, 0.3) is 0 Å². The highest BCUT2D eigenvalue weighted by Crippen LogP contribution is 2.20. The molecule has 1 aliphatic rings. The Morgan fingerprint density at radius 2 is 2.00 bits per heavy atom. The Balaban J connectivity index is 2.07. The van der Waals surface area contributed by atoms with Crippen LogP contribution in [0.1, 0.15) is 39.0 Å². The van der Waals surface area contributed by atoms with Crippen molar-refractivity contribution in [3.63, 3.8) is 0 Å². The fraction of sp³-hybridized carbons (Fsp3) is 1.00. The average molecular weight is 156 g/mol. The smallest absolute Gasteiger partial charge is 0.0131 e. The Morgan fingerprint density at radius 1 is 1.36 bits per heavy atom. The first-order valence-electron chi connectivity index (χ1n) is 4.82. The van der Waals surface area contributed by atoms with E-state index in [9.17, 15) is 0 Å². The van der Waals surface area contributed by atoms with E-state index in [0.29, 0.717) is 0 Å². The van der Waals surface area contributed by atoms with E-state index in [0.717, 1.165) is 19.0 Å². The van der Waals surface area contributed by atoms with Crippen LogP contribution in [0, 0.1) is 5.92 Å². The van der Waals surface area contributed by atoms with Gasteiger partial charge in [0.05, 0.1) is 0 Å². The highest BCUT2D eigenvalue weighted by Gasteiger charge is 2.15. The quantitative estimate of drug-likeness (QED) is 0.631. The van der Waals surface area contributed by atoms with Crippen molar-refractivity contribution in [2.75, 3.05) is 13.1 Å². The lowest BCUT2D eigenvalue weighted by atomic mass is 9.92. The van der Waals surface area contributed by atoms with Crippen molar-refractivity contribution in [2.45, 2.75) is 39.0 Å². The first-order chi connectivity index (χ1) is 5.33. The molecule has 0 aromatic carbocycles. The number of nitrogens with zero attached hydrogens (tertiary/aromatic N) is 1. The van der Waals surface area contributed by atoms with Gasteiger partial charge in [-0.3, -0.25) is 5.84 Å². The molecule has 2 N–H and O–H groups in total. The van der Waals surface area contributed by atoms with E-state index in [4.69, 9.17) is 5.84 Å². The van der Waals surface area contributed by atoms with Gasteiger partial charge in [0.25, 0.3) is 0 Å². The molecule has 1 aliphatic heterocycles. The fourth-order valence-corrected chi connectivity index (χ4v) is 1.73. The first-order valence-corrected chi connectivity index (χ1v) is 4.82. The number of hydrazine groups is 1. The monoisotopic (exact) mass is 156 g/mol. The molecule has 0 radical (unpaired) electrons. The molecule has 11 heavy (non-hydrogen) atoms. The van der Waals surface area contributed by atoms with Crippen molar-refractivity contribution in [2.24, 2.45) is 11.8 Å². The van der Waals surface area contributed by atoms with Crippen molar-refractivity contribution in [3.8, 4) is 0 Å². The molecule has 0 amide bonds. The van der Waals surface area contributed by atoms with Gasteiger partial charge in [0.15, 0.2) is 0 Å². The Hall–Kier alpha value is -0.0800. The van der Waals surface area contributed by atoms with Crippen LogP contribution < -0.4 is 5.84 Å². The molecule has 2 nitrogen and oxygen atoms in total. The van der Waals surface area contributed by atoms with Gasteiger partial charge in [0.2, 0.25) is 0 Å². The highest BCUT2D eigenvalue weighted by atomic mass is 15.4. The van der Waals surface area contributed by atoms with Crippen LogP contribution in [0.2, 0.25) is 0 Å². The van der Waals surface area contributed by atoms with Crippen LogP contribution in [-0.2, 0) is 0 Å². The van der Waals surface area contributed by atoms with Gasteiger partial charge >= 0.3 is 0 Å². The summed E-state index contributed by atoms with van der Waals surface area (Å²) >= 11 is 0. The summed E-state index contributed by atoms with van der Waals surface area (Å²) < 4.78 is 0. The van der Waals surface area contributed by atoms with Crippen molar-refractivity contribution >= 4 is 0 Å². The molecule has 0 bridgehead atoms. The average Bonchev–Trinajstić information content (AvgIpc) is 2.04. The molecule has 1 saturated heterocycles. The molecule has 0 aliphatic carbocycles. The Labute approximate surface area is 69.7 Å². The molecule has 0 spiro atoms. The zero-order chi connectivity index (χ0) is 8.10. The van der Waals surface area contributed by atoms with Gasteiger partial charge in [-0.05, 0) is 18.8 Å². The molecule has 0 aromatic heterocycles. The molecule has 1 heterocycles. The maximum Gasteiger partial charge on any atom is 0.0131 e. The second kappa shape index (κ2) is 4.73. The Morgan fingerprint density at radius 3 is 2.55 bits per heavy atom. The lowest BCUT2D eigenvalue weighted by Crippen LogP contribution is -2.38. The van der Waals surface area contributed by atoms with E-state index < -0.39 is 0 Å². The molecule has 2 heteroatoms. The summed E-state index contributed by atoms with van der Waals surface area (Å²) in [6, 6.07) is 0. The molecular weight excluding hydrogens is 136 g/mol. The van der Waals surface area contributed by atoms with Crippen LogP contribution in [0.4, 0.5) is 0 Å². The Bertz CT molecular complexity index is 93.0. The summed E-state index contributed by atoms with van der Waals surface area (Å²) in [6.45, 7) is 4.47. The van der Waals surface area contributed by atoms with Gasteiger partial charge in [-0.1, -0.05) is 26.2 Å².